The van der Waals surface area contributed by atoms with E-state index in [0.29, 0.717) is 37.5 Å². The molecule has 1 saturated heterocycles. The van der Waals surface area contributed by atoms with Crippen molar-refractivity contribution in [3.8, 4) is 0 Å². The SMILES string of the molecule is C=C1CC(C)C(=O)N1CCCCCNC(=O)C1(C(=O)N[C@@H](C)C(=O)Nc2ccc(CC(C)CC)cc2)CCC1.[HH].[HH].[HH]. The lowest BCUT2D eigenvalue weighted by Gasteiger charge is -2.39. The van der Waals surface area contributed by atoms with E-state index in [9.17, 15) is 19.2 Å². The Bertz CT molecular complexity index is 1060. The molecule has 1 aliphatic heterocycles. The van der Waals surface area contributed by atoms with Crippen molar-refractivity contribution in [2.45, 2.75) is 91.5 Å². The molecule has 1 aromatic rings. The van der Waals surface area contributed by atoms with E-state index in [1.54, 1.807) is 11.8 Å². The summed E-state index contributed by atoms with van der Waals surface area (Å²) >= 11 is 0. The number of nitrogens with zero attached hydrogens (tertiary/aromatic N) is 1. The van der Waals surface area contributed by atoms with Gasteiger partial charge in [-0.05, 0) is 75.5 Å². The molecule has 39 heavy (non-hydrogen) atoms. The van der Waals surface area contributed by atoms with Gasteiger partial charge in [0.05, 0.1) is 0 Å². The molecule has 8 heteroatoms. The van der Waals surface area contributed by atoms with Crippen LogP contribution in [-0.2, 0) is 25.6 Å². The summed E-state index contributed by atoms with van der Waals surface area (Å²) in [7, 11) is 0. The summed E-state index contributed by atoms with van der Waals surface area (Å²) in [5.41, 5.74) is 1.68. The normalized spacial score (nSPS) is 19.7. The van der Waals surface area contributed by atoms with E-state index in [4.69, 9.17) is 0 Å². The van der Waals surface area contributed by atoms with Gasteiger partial charge >= 0.3 is 0 Å². The van der Waals surface area contributed by atoms with Crippen molar-refractivity contribution < 1.29 is 23.5 Å². The smallest absolute Gasteiger partial charge is 0.246 e. The third-order valence-corrected chi connectivity index (χ3v) is 8.28. The van der Waals surface area contributed by atoms with Gasteiger partial charge in [-0.2, -0.15) is 0 Å². The molecule has 3 N–H and O–H groups in total. The first kappa shape index (κ1) is 30.4. The predicted molar refractivity (Wildman–Crippen MR) is 160 cm³/mol. The van der Waals surface area contributed by atoms with Crippen LogP contribution < -0.4 is 16.0 Å². The van der Waals surface area contributed by atoms with Gasteiger partial charge in [-0.3, -0.25) is 19.2 Å². The second-order valence-electron chi connectivity index (χ2n) is 11.5. The van der Waals surface area contributed by atoms with Crippen LogP contribution >= 0.6 is 0 Å². The molecule has 0 bridgehead atoms. The Kier molecular flexibility index (Phi) is 10.7. The first-order chi connectivity index (χ1) is 18.6. The highest BCUT2D eigenvalue weighted by atomic mass is 16.2. The predicted octanol–water partition coefficient (Wildman–Crippen LogP) is 5.30. The van der Waals surface area contributed by atoms with Gasteiger partial charge in [0.25, 0.3) is 0 Å². The summed E-state index contributed by atoms with van der Waals surface area (Å²) in [4.78, 5) is 52.7. The van der Waals surface area contributed by atoms with E-state index in [1.807, 2.05) is 31.2 Å². The standard InChI is InChI=1S/C31H46N4O4.3H2/c1-6-21(2)19-25-11-13-26(14-12-25)34-27(36)24(5)33-30(39)31(15-10-16-31)29(38)32-17-8-7-9-18-35-23(4)20-22(3)28(35)37;;;/h11-14,21-22,24H,4,6-10,15-20H2,1-3,5H3,(H,32,38)(H,33,39)(H,34,36);3*1H/t21?,22?,24-;;;/m0.../s1. The summed E-state index contributed by atoms with van der Waals surface area (Å²) in [6.07, 6.45) is 7.07. The number of carbonyl (C=O) groups is 4. The van der Waals surface area contributed by atoms with Crippen LogP contribution in [-0.4, -0.2) is 47.7 Å². The van der Waals surface area contributed by atoms with Crippen LogP contribution in [0, 0.1) is 17.3 Å². The van der Waals surface area contributed by atoms with Crippen molar-refractivity contribution in [1.82, 2.24) is 15.5 Å². The lowest BCUT2D eigenvalue weighted by atomic mass is 9.67. The second-order valence-corrected chi connectivity index (χ2v) is 11.5. The Balaban J connectivity index is 0.00000560. The number of benzene rings is 1. The van der Waals surface area contributed by atoms with Gasteiger partial charge in [-0.25, -0.2) is 0 Å². The van der Waals surface area contributed by atoms with Crippen molar-refractivity contribution in [2.75, 3.05) is 18.4 Å². The molecule has 2 fully saturated rings. The number of hydrogen-bond acceptors (Lipinski definition) is 4. The van der Waals surface area contributed by atoms with Crippen molar-refractivity contribution in [3.05, 3.63) is 42.1 Å². The number of carbonyl (C=O) groups excluding carboxylic acids is 4. The molecule has 0 radical (unpaired) electrons. The molecule has 4 amide bonds. The van der Waals surface area contributed by atoms with Gasteiger partial charge in [0.1, 0.15) is 11.5 Å². The quantitative estimate of drug-likeness (QED) is 0.218. The van der Waals surface area contributed by atoms with E-state index >= 15 is 0 Å². The fourth-order valence-electron chi connectivity index (χ4n) is 5.19. The fraction of sp³-hybridized carbons (Fsp3) is 0.613. The van der Waals surface area contributed by atoms with Gasteiger partial charge in [0.15, 0.2) is 0 Å². The molecular weight excluding hydrogens is 492 g/mol. The van der Waals surface area contributed by atoms with Crippen LogP contribution in [0.15, 0.2) is 36.5 Å². The molecule has 0 spiro atoms. The summed E-state index contributed by atoms with van der Waals surface area (Å²) < 4.78 is 0. The Morgan fingerprint density at radius 1 is 1.10 bits per heavy atom. The minimum absolute atomic E-state index is 0. The van der Waals surface area contributed by atoms with Crippen molar-refractivity contribution >= 4 is 29.3 Å². The Hall–Kier alpha value is -3.16. The third-order valence-electron chi connectivity index (χ3n) is 8.28. The van der Waals surface area contributed by atoms with Gasteiger partial charge in [0, 0.05) is 34.7 Å². The zero-order valence-electron chi connectivity index (χ0n) is 24.1. The molecule has 1 saturated carbocycles. The summed E-state index contributed by atoms with van der Waals surface area (Å²) in [6, 6.07) is 7.02. The monoisotopic (exact) mass is 544 g/mol. The Morgan fingerprint density at radius 3 is 2.36 bits per heavy atom. The molecule has 0 aromatic heterocycles. The molecular formula is C31H52N4O4. The van der Waals surface area contributed by atoms with Gasteiger partial charge in [0.2, 0.25) is 23.6 Å². The van der Waals surface area contributed by atoms with Crippen LogP contribution in [0.1, 0.15) is 88.9 Å². The second kappa shape index (κ2) is 13.8. The Labute approximate surface area is 237 Å². The maximum absolute atomic E-state index is 13.1. The van der Waals surface area contributed by atoms with Crippen molar-refractivity contribution in [1.29, 1.82) is 0 Å². The van der Waals surface area contributed by atoms with Crippen LogP contribution in [0.2, 0.25) is 0 Å². The summed E-state index contributed by atoms with van der Waals surface area (Å²) in [5, 5.41) is 8.55. The number of unbranched alkanes of at least 4 members (excludes halogenated alkanes) is 2. The molecule has 2 unspecified atom stereocenters. The highest BCUT2D eigenvalue weighted by molar-refractivity contribution is 6.07. The number of hydrogen-bond donors (Lipinski definition) is 3. The highest BCUT2D eigenvalue weighted by Crippen LogP contribution is 2.41. The van der Waals surface area contributed by atoms with Gasteiger partial charge in [-0.1, -0.05) is 52.3 Å². The van der Waals surface area contributed by atoms with E-state index < -0.39 is 17.4 Å². The molecule has 2 aliphatic rings. The topological polar surface area (TPSA) is 108 Å². The van der Waals surface area contributed by atoms with Crippen LogP contribution in [0.4, 0.5) is 5.69 Å². The molecule has 1 heterocycles. The number of rotatable bonds is 14. The number of nitrogens with one attached hydrogen (secondary N) is 3. The van der Waals surface area contributed by atoms with Gasteiger partial charge < -0.3 is 20.9 Å². The van der Waals surface area contributed by atoms with Crippen LogP contribution in [0.3, 0.4) is 0 Å². The van der Waals surface area contributed by atoms with Crippen molar-refractivity contribution in [2.24, 2.45) is 17.3 Å². The van der Waals surface area contributed by atoms with Crippen molar-refractivity contribution in [3.63, 3.8) is 0 Å². The summed E-state index contributed by atoms with van der Waals surface area (Å²) in [5.74, 6) is -0.217. The molecule has 8 nitrogen and oxygen atoms in total. The number of amides is 4. The van der Waals surface area contributed by atoms with Crippen LogP contribution in [0.25, 0.3) is 0 Å². The third kappa shape index (κ3) is 7.70. The van der Waals surface area contributed by atoms with Crippen LogP contribution in [0.5, 0.6) is 0 Å². The number of allylic oxidation sites excluding steroid dienone is 1. The number of likely N-dealkylation sites (tertiary alicyclic amines) is 1. The largest absolute Gasteiger partial charge is 0.355 e. The highest BCUT2D eigenvalue weighted by Gasteiger charge is 2.51. The molecule has 1 aliphatic carbocycles. The zero-order chi connectivity index (χ0) is 28.6. The van der Waals surface area contributed by atoms with Gasteiger partial charge in [-0.15, -0.1) is 0 Å². The summed E-state index contributed by atoms with van der Waals surface area (Å²) in [6.45, 7) is 13.1. The molecule has 3 atom stereocenters. The minimum Gasteiger partial charge on any atom is -0.355 e. The van der Waals surface area contributed by atoms with E-state index in [2.05, 4.69) is 36.4 Å². The van der Waals surface area contributed by atoms with E-state index in [0.717, 1.165) is 50.6 Å². The number of anilines is 1. The fourth-order valence-corrected chi connectivity index (χ4v) is 5.19. The molecule has 220 valence electrons. The maximum Gasteiger partial charge on any atom is 0.246 e. The zero-order valence-corrected chi connectivity index (χ0v) is 24.1. The first-order valence-corrected chi connectivity index (χ1v) is 14.6. The van der Waals surface area contributed by atoms with E-state index in [1.165, 1.54) is 5.56 Å². The first-order valence-electron chi connectivity index (χ1n) is 14.6. The average molecular weight is 545 g/mol. The maximum atomic E-state index is 13.1. The molecule has 3 rings (SSSR count). The lowest BCUT2D eigenvalue weighted by molar-refractivity contribution is -0.150. The molecule has 1 aromatic carbocycles. The lowest BCUT2D eigenvalue weighted by Crippen LogP contribution is -2.58. The minimum atomic E-state index is -1.11. The average Bonchev–Trinajstić information content (AvgIpc) is 3.11. The van der Waals surface area contributed by atoms with E-state index in [-0.39, 0.29) is 27.9 Å². The Morgan fingerprint density at radius 2 is 1.79 bits per heavy atom.